The van der Waals surface area contributed by atoms with Gasteiger partial charge in [-0.05, 0) is 25.5 Å². The topological polar surface area (TPSA) is 30.5 Å². The van der Waals surface area contributed by atoms with Crippen LogP contribution in [0.4, 0.5) is 0 Å². The molecule has 1 fully saturated rings. The molecule has 0 aliphatic carbocycles. The molecule has 0 spiro atoms. The second-order valence-electron chi connectivity index (χ2n) is 4.44. The molecule has 1 atom stereocenters. The van der Waals surface area contributed by atoms with E-state index in [4.69, 9.17) is 9.47 Å². The number of ether oxygens (including phenoxy) is 2. The van der Waals surface area contributed by atoms with Gasteiger partial charge in [0.25, 0.3) is 0 Å². The van der Waals surface area contributed by atoms with Crippen LogP contribution >= 0.6 is 0 Å². The van der Waals surface area contributed by atoms with E-state index in [2.05, 4.69) is 11.4 Å². The number of benzene rings is 1. The zero-order chi connectivity index (χ0) is 12.1. The van der Waals surface area contributed by atoms with Crippen molar-refractivity contribution in [2.24, 2.45) is 0 Å². The van der Waals surface area contributed by atoms with Gasteiger partial charge in [0.05, 0.1) is 14.2 Å². The van der Waals surface area contributed by atoms with E-state index in [0.29, 0.717) is 6.04 Å². The molecule has 1 unspecified atom stereocenters. The summed E-state index contributed by atoms with van der Waals surface area (Å²) >= 11 is 0. The van der Waals surface area contributed by atoms with E-state index in [-0.39, 0.29) is 0 Å². The molecule has 1 saturated heterocycles. The fraction of sp³-hybridized carbons (Fsp3) is 0.571. The molecule has 1 aliphatic rings. The van der Waals surface area contributed by atoms with Crippen LogP contribution in [0.2, 0.25) is 0 Å². The van der Waals surface area contributed by atoms with Crippen molar-refractivity contribution in [1.29, 1.82) is 0 Å². The predicted octanol–water partition coefficient (Wildman–Crippen LogP) is 2.91. The van der Waals surface area contributed by atoms with Crippen molar-refractivity contribution in [1.82, 2.24) is 5.32 Å². The Hall–Kier alpha value is -1.22. The van der Waals surface area contributed by atoms with Crippen LogP contribution in [0.15, 0.2) is 18.2 Å². The first-order valence-corrected chi connectivity index (χ1v) is 6.31. The normalized spacial score (nSPS) is 20.7. The Kier molecular flexibility index (Phi) is 4.26. The number of para-hydroxylation sites is 1. The monoisotopic (exact) mass is 235 g/mol. The van der Waals surface area contributed by atoms with E-state index < -0.39 is 0 Å². The van der Waals surface area contributed by atoms with Crippen molar-refractivity contribution in [3.05, 3.63) is 23.8 Å². The molecule has 1 aromatic rings. The lowest BCUT2D eigenvalue weighted by Crippen LogP contribution is -2.20. The molecule has 17 heavy (non-hydrogen) atoms. The first-order chi connectivity index (χ1) is 8.36. The average molecular weight is 235 g/mol. The van der Waals surface area contributed by atoms with Gasteiger partial charge >= 0.3 is 0 Å². The summed E-state index contributed by atoms with van der Waals surface area (Å²) in [6.45, 7) is 1.09. The summed E-state index contributed by atoms with van der Waals surface area (Å²) in [6.07, 6.45) is 5.03. The molecule has 94 valence electrons. The first kappa shape index (κ1) is 12.2. The third kappa shape index (κ3) is 2.72. The van der Waals surface area contributed by atoms with Crippen molar-refractivity contribution < 1.29 is 9.47 Å². The highest BCUT2D eigenvalue weighted by molar-refractivity contribution is 5.48. The summed E-state index contributed by atoms with van der Waals surface area (Å²) in [5.41, 5.74) is 1.22. The molecule has 0 radical (unpaired) electrons. The van der Waals surface area contributed by atoms with Gasteiger partial charge in [0.15, 0.2) is 11.5 Å². The van der Waals surface area contributed by atoms with Gasteiger partial charge in [-0.1, -0.05) is 25.0 Å². The maximum Gasteiger partial charge on any atom is 0.165 e. The highest BCUT2D eigenvalue weighted by Crippen LogP contribution is 2.36. The summed E-state index contributed by atoms with van der Waals surface area (Å²) in [7, 11) is 3.39. The summed E-state index contributed by atoms with van der Waals surface area (Å²) in [5.74, 6) is 1.69. The second-order valence-corrected chi connectivity index (χ2v) is 4.44. The Bertz CT molecular complexity index is 357. The van der Waals surface area contributed by atoms with Crippen molar-refractivity contribution in [3.63, 3.8) is 0 Å². The molecule has 2 rings (SSSR count). The molecule has 0 amide bonds. The molecule has 1 N–H and O–H groups in total. The molecule has 3 heteroatoms. The van der Waals surface area contributed by atoms with Gasteiger partial charge in [-0.15, -0.1) is 0 Å². The third-order valence-corrected chi connectivity index (χ3v) is 3.37. The van der Waals surface area contributed by atoms with Gasteiger partial charge in [0.2, 0.25) is 0 Å². The van der Waals surface area contributed by atoms with Gasteiger partial charge in [0.1, 0.15) is 0 Å². The Balaban J connectivity index is 2.29. The standard InChI is InChI=1S/C14H21NO2/c1-16-13-9-6-7-11(14(13)17-2)12-8-4-3-5-10-15-12/h6-7,9,12,15H,3-5,8,10H2,1-2H3. The van der Waals surface area contributed by atoms with Gasteiger partial charge in [0, 0.05) is 11.6 Å². The minimum absolute atomic E-state index is 0.391. The summed E-state index contributed by atoms with van der Waals surface area (Å²) in [6, 6.07) is 6.50. The van der Waals surface area contributed by atoms with E-state index in [1.54, 1.807) is 14.2 Å². The number of methoxy groups -OCH3 is 2. The molecule has 0 saturated carbocycles. The van der Waals surface area contributed by atoms with Crippen LogP contribution in [-0.4, -0.2) is 20.8 Å². The van der Waals surface area contributed by atoms with Crippen molar-refractivity contribution >= 4 is 0 Å². The number of hydrogen-bond donors (Lipinski definition) is 1. The number of rotatable bonds is 3. The number of nitrogens with one attached hydrogen (secondary N) is 1. The molecule has 0 bridgehead atoms. The highest BCUT2D eigenvalue weighted by atomic mass is 16.5. The zero-order valence-electron chi connectivity index (χ0n) is 10.7. The maximum atomic E-state index is 5.50. The molecule has 1 heterocycles. The predicted molar refractivity (Wildman–Crippen MR) is 68.8 cm³/mol. The Morgan fingerprint density at radius 3 is 2.76 bits per heavy atom. The molecule has 1 aliphatic heterocycles. The number of hydrogen-bond acceptors (Lipinski definition) is 3. The molecule has 0 aromatic heterocycles. The molecular weight excluding hydrogens is 214 g/mol. The van der Waals surface area contributed by atoms with E-state index >= 15 is 0 Å². The van der Waals surface area contributed by atoms with Gasteiger partial charge in [-0.2, -0.15) is 0 Å². The molecule has 1 aromatic carbocycles. The van der Waals surface area contributed by atoms with E-state index in [0.717, 1.165) is 18.0 Å². The molecular formula is C14H21NO2. The van der Waals surface area contributed by atoms with E-state index in [9.17, 15) is 0 Å². The van der Waals surface area contributed by atoms with E-state index in [1.807, 2.05) is 12.1 Å². The van der Waals surface area contributed by atoms with Crippen molar-refractivity contribution in [3.8, 4) is 11.5 Å². The maximum absolute atomic E-state index is 5.50. The smallest absolute Gasteiger partial charge is 0.165 e. The van der Waals surface area contributed by atoms with Crippen LogP contribution in [0, 0.1) is 0 Å². The largest absolute Gasteiger partial charge is 0.493 e. The minimum atomic E-state index is 0.391. The summed E-state index contributed by atoms with van der Waals surface area (Å²) < 4.78 is 10.8. The lowest BCUT2D eigenvalue weighted by molar-refractivity contribution is 0.346. The van der Waals surface area contributed by atoms with Gasteiger partial charge < -0.3 is 14.8 Å². The van der Waals surface area contributed by atoms with Crippen molar-refractivity contribution in [2.75, 3.05) is 20.8 Å². The van der Waals surface area contributed by atoms with Crippen LogP contribution < -0.4 is 14.8 Å². The van der Waals surface area contributed by atoms with Crippen LogP contribution in [0.3, 0.4) is 0 Å². The first-order valence-electron chi connectivity index (χ1n) is 6.31. The molecule has 3 nitrogen and oxygen atoms in total. The Morgan fingerprint density at radius 1 is 1.12 bits per heavy atom. The van der Waals surface area contributed by atoms with Crippen LogP contribution in [0.1, 0.15) is 37.3 Å². The Labute approximate surface area is 103 Å². The average Bonchev–Trinajstić information content (AvgIpc) is 2.66. The van der Waals surface area contributed by atoms with Gasteiger partial charge in [-0.25, -0.2) is 0 Å². The van der Waals surface area contributed by atoms with Crippen LogP contribution in [-0.2, 0) is 0 Å². The lowest BCUT2D eigenvalue weighted by atomic mass is 10.0. The van der Waals surface area contributed by atoms with Crippen LogP contribution in [0.5, 0.6) is 11.5 Å². The summed E-state index contributed by atoms with van der Waals surface area (Å²) in [5, 5.41) is 3.59. The van der Waals surface area contributed by atoms with Crippen LogP contribution in [0.25, 0.3) is 0 Å². The highest BCUT2D eigenvalue weighted by Gasteiger charge is 2.19. The second kappa shape index (κ2) is 5.92. The minimum Gasteiger partial charge on any atom is -0.493 e. The summed E-state index contributed by atoms with van der Waals surface area (Å²) in [4.78, 5) is 0. The fourth-order valence-corrected chi connectivity index (χ4v) is 2.48. The quantitative estimate of drug-likeness (QED) is 0.873. The SMILES string of the molecule is COc1cccc(C2CCCCCN2)c1OC. The van der Waals surface area contributed by atoms with Crippen molar-refractivity contribution in [2.45, 2.75) is 31.7 Å². The third-order valence-electron chi connectivity index (χ3n) is 3.37. The fourth-order valence-electron chi connectivity index (χ4n) is 2.48. The lowest BCUT2D eigenvalue weighted by Gasteiger charge is -2.20. The zero-order valence-corrected chi connectivity index (χ0v) is 10.7. The Morgan fingerprint density at radius 2 is 2.00 bits per heavy atom. The van der Waals surface area contributed by atoms with Gasteiger partial charge in [-0.3, -0.25) is 0 Å². The van der Waals surface area contributed by atoms with E-state index in [1.165, 1.54) is 31.2 Å².